The fourth-order valence-electron chi connectivity index (χ4n) is 2.40. The van der Waals surface area contributed by atoms with Crippen LogP contribution < -0.4 is 14.3 Å². The maximum absolute atomic E-state index is 12.1. The lowest BCUT2D eigenvalue weighted by Gasteiger charge is -2.09. The van der Waals surface area contributed by atoms with Gasteiger partial charge in [-0.05, 0) is 12.8 Å². The largest absolute Gasteiger partial charge is 0.493 e. The molecule has 0 bridgehead atoms. The summed E-state index contributed by atoms with van der Waals surface area (Å²) in [6.45, 7) is 1.17. The van der Waals surface area contributed by atoms with Gasteiger partial charge in [-0.3, -0.25) is 4.79 Å². The Labute approximate surface area is 138 Å². The quantitative estimate of drug-likeness (QED) is 0.811. The van der Waals surface area contributed by atoms with Gasteiger partial charge >= 0.3 is 0 Å². The number of benzene rings is 1. The summed E-state index contributed by atoms with van der Waals surface area (Å²) in [5, 5.41) is 0. The summed E-state index contributed by atoms with van der Waals surface area (Å²) in [6.07, 6.45) is 1.90. The molecule has 1 aromatic heterocycles. The number of nitrogens with zero attached hydrogens (tertiary/aromatic N) is 2. The van der Waals surface area contributed by atoms with E-state index in [1.807, 2.05) is 16.7 Å². The maximum atomic E-state index is 12.1. The molecule has 2 aromatic rings. The van der Waals surface area contributed by atoms with Crippen LogP contribution in [0.4, 0.5) is 0 Å². The highest BCUT2D eigenvalue weighted by molar-refractivity contribution is 7.16. The zero-order chi connectivity index (χ0) is 16.4. The van der Waals surface area contributed by atoms with Crippen LogP contribution in [0.15, 0.2) is 17.1 Å². The summed E-state index contributed by atoms with van der Waals surface area (Å²) in [5.74, 6) is 1.41. The van der Waals surface area contributed by atoms with Crippen molar-refractivity contribution < 1.29 is 19.0 Å². The first kappa shape index (κ1) is 16.0. The average Bonchev–Trinajstić information content (AvgIpc) is 3.35. The summed E-state index contributed by atoms with van der Waals surface area (Å²) in [4.78, 5) is 17.1. The number of amides is 1. The van der Waals surface area contributed by atoms with Crippen LogP contribution in [0, 0.1) is 5.92 Å². The second-order valence-electron chi connectivity index (χ2n) is 5.43. The van der Waals surface area contributed by atoms with Crippen LogP contribution >= 0.6 is 11.3 Å². The Kier molecular flexibility index (Phi) is 4.68. The Hall–Kier alpha value is -1.86. The normalized spacial score (nSPS) is 15.2. The standard InChI is InChI=1S/C16H20N2O4S/c1-20-7-6-18-11-8-12(21-2)13(22-3)9-14(11)23-16(18)17-15(19)10-4-5-10/h8-10H,4-7H2,1-3H3. The van der Waals surface area contributed by atoms with Gasteiger partial charge in [-0.1, -0.05) is 11.3 Å². The predicted octanol–water partition coefficient (Wildman–Crippen LogP) is 2.20. The molecular weight excluding hydrogens is 316 g/mol. The molecule has 1 heterocycles. The lowest BCUT2D eigenvalue weighted by molar-refractivity contribution is -0.119. The fraction of sp³-hybridized carbons (Fsp3) is 0.500. The molecule has 1 aromatic carbocycles. The van der Waals surface area contributed by atoms with Gasteiger partial charge in [0, 0.05) is 31.7 Å². The molecule has 0 saturated heterocycles. The van der Waals surface area contributed by atoms with Crippen molar-refractivity contribution in [3.63, 3.8) is 0 Å². The van der Waals surface area contributed by atoms with Gasteiger partial charge < -0.3 is 18.8 Å². The summed E-state index contributed by atoms with van der Waals surface area (Å²) < 4.78 is 18.9. The second kappa shape index (κ2) is 6.72. The van der Waals surface area contributed by atoms with E-state index in [9.17, 15) is 4.79 Å². The number of thiazole rings is 1. The van der Waals surface area contributed by atoms with E-state index >= 15 is 0 Å². The minimum Gasteiger partial charge on any atom is -0.493 e. The number of carbonyl (C=O) groups is 1. The smallest absolute Gasteiger partial charge is 0.251 e. The van der Waals surface area contributed by atoms with Gasteiger partial charge in [-0.2, -0.15) is 4.99 Å². The van der Waals surface area contributed by atoms with E-state index in [1.165, 1.54) is 11.3 Å². The molecule has 1 saturated carbocycles. The minimum absolute atomic E-state index is 0.0262. The molecule has 7 heteroatoms. The number of methoxy groups -OCH3 is 3. The molecule has 6 nitrogen and oxygen atoms in total. The molecule has 0 unspecified atom stereocenters. The highest BCUT2D eigenvalue weighted by Crippen LogP contribution is 2.34. The van der Waals surface area contributed by atoms with Gasteiger partial charge in [0.15, 0.2) is 16.3 Å². The molecule has 0 N–H and O–H groups in total. The molecule has 23 heavy (non-hydrogen) atoms. The van der Waals surface area contributed by atoms with Crippen LogP contribution in [0.25, 0.3) is 10.2 Å². The predicted molar refractivity (Wildman–Crippen MR) is 88.1 cm³/mol. The number of carbonyl (C=O) groups excluding carboxylic acids is 1. The fourth-order valence-corrected chi connectivity index (χ4v) is 3.47. The Balaban J connectivity index is 2.15. The van der Waals surface area contributed by atoms with Gasteiger partial charge in [0.25, 0.3) is 5.91 Å². The van der Waals surface area contributed by atoms with E-state index in [4.69, 9.17) is 14.2 Å². The lowest BCUT2D eigenvalue weighted by atomic mass is 10.3. The van der Waals surface area contributed by atoms with E-state index in [0.717, 1.165) is 23.1 Å². The number of hydrogen-bond donors (Lipinski definition) is 0. The van der Waals surface area contributed by atoms with Crippen molar-refractivity contribution in [3.05, 3.63) is 16.9 Å². The summed E-state index contributed by atoms with van der Waals surface area (Å²) in [5.41, 5.74) is 0.965. The van der Waals surface area contributed by atoms with E-state index in [-0.39, 0.29) is 11.8 Å². The van der Waals surface area contributed by atoms with Gasteiger partial charge in [0.1, 0.15) is 0 Å². The highest BCUT2D eigenvalue weighted by atomic mass is 32.1. The van der Waals surface area contributed by atoms with Crippen LogP contribution in [0.2, 0.25) is 0 Å². The van der Waals surface area contributed by atoms with E-state index in [0.29, 0.717) is 29.5 Å². The van der Waals surface area contributed by atoms with Crippen LogP contribution in [-0.4, -0.2) is 38.4 Å². The van der Waals surface area contributed by atoms with Crippen molar-refractivity contribution in [1.82, 2.24) is 4.57 Å². The topological polar surface area (TPSA) is 62.1 Å². The van der Waals surface area contributed by atoms with Gasteiger partial charge in [0.2, 0.25) is 0 Å². The molecule has 1 fully saturated rings. The summed E-state index contributed by atoms with van der Waals surface area (Å²) >= 11 is 1.48. The SMILES string of the molecule is COCCn1c(=NC(=O)C2CC2)sc2cc(OC)c(OC)cc21. The van der Waals surface area contributed by atoms with Gasteiger partial charge in [0.05, 0.1) is 31.0 Å². The molecule has 0 aliphatic heterocycles. The molecule has 1 aliphatic carbocycles. The van der Waals surface area contributed by atoms with E-state index < -0.39 is 0 Å². The minimum atomic E-state index is -0.0262. The van der Waals surface area contributed by atoms with Crippen LogP contribution in [-0.2, 0) is 16.1 Å². The van der Waals surface area contributed by atoms with Crippen LogP contribution in [0.5, 0.6) is 11.5 Å². The first-order valence-corrected chi connectivity index (χ1v) is 8.32. The maximum Gasteiger partial charge on any atom is 0.251 e. The first-order chi connectivity index (χ1) is 11.2. The van der Waals surface area contributed by atoms with Crippen molar-refractivity contribution in [2.45, 2.75) is 19.4 Å². The van der Waals surface area contributed by atoms with Crippen molar-refractivity contribution in [1.29, 1.82) is 0 Å². The van der Waals surface area contributed by atoms with E-state index in [1.54, 1.807) is 21.3 Å². The molecule has 1 amide bonds. The third-order valence-corrected chi connectivity index (χ3v) is 4.88. The Morgan fingerprint density at radius 3 is 2.57 bits per heavy atom. The van der Waals surface area contributed by atoms with Crippen molar-refractivity contribution in [2.24, 2.45) is 10.9 Å². The van der Waals surface area contributed by atoms with Crippen molar-refractivity contribution in [2.75, 3.05) is 27.9 Å². The van der Waals surface area contributed by atoms with Crippen molar-refractivity contribution >= 4 is 27.5 Å². The Bertz CT molecular complexity index is 789. The number of rotatable bonds is 6. The Morgan fingerprint density at radius 2 is 1.96 bits per heavy atom. The Morgan fingerprint density at radius 1 is 1.26 bits per heavy atom. The lowest BCUT2D eigenvalue weighted by Crippen LogP contribution is -2.19. The van der Waals surface area contributed by atoms with Gasteiger partial charge in [-0.25, -0.2) is 0 Å². The number of fused-ring (bicyclic) bond motifs is 1. The second-order valence-corrected chi connectivity index (χ2v) is 6.44. The number of aromatic nitrogens is 1. The third kappa shape index (κ3) is 3.25. The molecule has 0 spiro atoms. The summed E-state index contributed by atoms with van der Waals surface area (Å²) in [6, 6.07) is 3.84. The number of hydrogen-bond acceptors (Lipinski definition) is 5. The zero-order valence-electron chi connectivity index (χ0n) is 13.5. The molecular formula is C16H20N2O4S. The van der Waals surface area contributed by atoms with Gasteiger partial charge in [-0.15, -0.1) is 0 Å². The highest BCUT2D eigenvalue weighted by Gasteiger charge is 2.29. The zero-order valence-corrected chi connectivity index (χ0v) is 14.3. The van der Waals surface area contributed by atoms with Crippen LogP contribution in [0.1, 0.15) is 12.8 Å². The number of ether oxygens (including phenoxy) is 3. The van der Waals surface area contributed by atoms with Crippen LogP contribution in [0.3, 0.4) is 0 Å². The molecule has 1 aliphatic rings. The molecule has 0 radical (unpaired) electrons. The first-order valence-electron chi connectivity index (χ1n) is 7.50. The molecule has 0 atom stereocenters. The van der Waals surface area contributed by atoms with Crippen molar-refractivity contribution in [3.8, 4) is 11.5 Å². The summed E-state index contributed by atoms with van der Waals surface area (Å²) in [7, 11) is 4.88. The van der Waals surface area contributed by atoms with E-state index in [2.05, 4.69) is 4.99 Å². The molecule has 124 valence electrons. The monoisotopic (exact) mass is 336 g/mol. The molecule has 3 rings (SSSR count). The third-order valence-electron chi connectivity index (χ3n) is 3.84. The average molecular weight is 336 g/mol.